The lowest BCUT2D eigenvalue weighted by molar-refractivity contribution is 0.317. The van der Waals surface area contributed by atoms with Crippen LogP contribution in [0.25, 0.3) is 11.0 Å². The van der Waals surface area contributed by atoms with E-state index in [0.29, 0.717) is 11.8 Å². The van der Waals surface area contributed by atoms with Crippen molar-refractivity contribution in [3.63, 3.8) is 0 Å². The summed E-state index contributed by atoms with van der Waals surface area (Å²) in [5.74, 6) is 1.87. The summed E-state index contributed by atoms with van der Waals surface area (Å²) in [6.07, 6.45) is 0. The number of rotatable bonds is 3. The van der Waals surface area contributed by atoms with E-state index in [4.69, 9.17) is 10.2 Å². The highest BCUT2D eigenvalue weighted by atomic mass is 16.3. The Morgan fingerprint density at radius 1 is 1.12 bits per heavy atom. The molecule has 2 atom stereocenters. The lowest BCUT2D eigenvalue weighted by Gasteiger charge is -2.21. The van der Waals surface area contributed by atoms with Gasteiger partial charge in [-0.15, -0.1) is 0 Å². The maximum Gasteiger partial charge on any atom is 0.134 e. The molecule has 0 radical (unpaired) electrons. The number of hydrogen-bond acceptors (Lipinski definition) is 2. The van der Waals surface area contributed by atoms with Crippen molar-refractivity contribution in [3.8, 4) is 0 Å². The van der Waals surface area contributed by atoms with Crippen LogP contribution in [0.4, 0.5) is 0 Å². The molecule has 0 amide bonds. The normalized spacial score (nSPS) is 15.6. The van der Waals surface area contributed by atoms with Crippen molar-refractivity contribution >= 4 is 11.0 Å². The second kappa shape index (κ2) is 4.30. The molecule has 0 fully saturated rings. The quantitative estimate of drug-likeness (QED) is 0.851. The van der Waals surface area contributed by atoms with Gasteiger partial charge >= 0.3 is 0 Å². The summed E-state index contributed by atoms with van der Waals surface area (Å²) in [4.78, 5) is 0. The highest BCUT2D eigenvalue weighted by Gasteiger charge is 2.21. The van der Waals surface area contributed by atoms with Gasteiger partial charge in [0.05, 0.1) is 6.04 Å². The fourth-order valence-corrected chi connectivity index (χ4v) is 1.84. The molecule has 2 nitrogen and oxygen atoms in total. The van der Waals surface area contributed by atoms with Gasteiger partial charge in [0.2, 0.25) is 0 Å². The van der Waals surface area contributed by atoms with Crippen molar-refractivity contribution in [1.82, 2.24) is 0 Å². The molecular formula is C14H19NO. The highest BCUT2D eigenvalue weighted by Crippen LogP contribution is 2.29. The van der Waals surface area contributed by atoms with Gasteiger partial charge in [0.15, 0.2) is 0 Å². The van der Waals surface area contributed by atoms with E-state index in [1.807, 2.05) is 18.2 Å². The molecule has 2 rings (SSSR count). The van der Waals surface area contributed by atoms with Crippen molar-refractivity contribution in [3.05, 3.63) is 36.1 Å². The number of furan rings is 1. The van der Waals surface area contributed by atoms with Crippen molar-refractivity contribution < 1.29 is 4.42 Å². The molecule has 0 aliphatic carbocycles. The van der Waals surface area contributed by atoms with Gasteiger partial charge in [-0.1, -0.05) is 39.0 Å². The van der Waals surface area contributed by atoms with Gasteiger partial charge in [0.25, 0.3) is 0 Å². The van der Waals surface area contributed by atoms with Crippen LogP contribution >= 0.6 is 0 Å². The molecule has 16 heavy (non-hydrogen) atoms. The van der Waals surface area contributed by atoms with Gasteiger partial charge in [-0.05, 0) is 24.0 Å². The standard InChI is InChI=1S/C14H19NO/c1-9(2)10(3)14(15)13-8-11-6-4-5-7-12(11)16-13/h4-10,14H,15H2,1-3H3. The van der Waals surface area contributed by atoms with Crippen molar-refractivity contribution in [2.24, 2.45) is 17.6 Å². The third-order valence-electron chi connectivity index (χ3n) is 3.39. The van der Waals surface area contributed by atoms with Gasteiger partial charge in [-0.3, -0.25) is 0 Å². The van der Waals surface area contributed by atoms with Crippen molar-refractivity contribution in [2.45, 2.75) is 26.8 Å². The Kier molecular flexibility index (Phi) is 3.01. The SMILES string of the molecule is CC(C)C(C)C(N)c1cc2ccccc2o1. The predicted octanol–water partition coefficient (Wildman–Crippen LogP) is 3.72. The molecule has 1 aromatic heterocycles. The molecule has 0 bridgehead atoms. The largest absolute Gasteiger partial charge is 0.459 e. The Hall–Kier alpha value is -1.28. The van der Waals surface area contributed by atoms with Crippen LogP contribution in [-0.2, 0) is 0 Å². The predicted molar refractivity (Wildman–Crippen MR) is 67.1 cm³/mol. The minimum atomic E-state index is -0.0209. The first-order valence-corrected chi connectivity index (χ1v) is 5.83. The molecule has 86 valence electrons. The third-order valence-corrected chi connectivity index (χ3v) is 3.39. The van der Waals surface area contributed by atoms with Crippen LogP contribution in [0.2, 0.25) is 0 Å². The molecule has 0 aliphatic heterocycles. The van der Waals surface area contributed by atoms with E-state index in [2.05, 4.69) is 32.9 Å². The lowest BCUT2D eigenvalue weighted by Crippen LogP contribution is -2.22. The molecule has 1 heterocycles. The summed E-state index contributed by atoms with van der Waals surface area (Å²) in [6, 6.07) is 10.1. The van der Waals surface area contributed by atoms with E-state index < -0.39 is 0 Å². The highest BCUT2D eigenvalue weighted by molar-refractivity contribution is 5.77. The van der Waals surface area contributed by atoms with Crippen LogP contribution in [0.3, 0.4) is 0 Å². The van der Waals surface area contributed by atoms with Gasteiger partial charge in [-0.2, -0.15) is 0 Å². The van der Waals surface area contributed by atoms with Gasteiger partial charge in [0.1, 0.15) is 11.3 Å². The van der Waals surface area contributed by atoms with Crippen LogP contribution in [0.5, 0.6) is 0 Å². The Bertz CT molecular complexity index is 439. The van der Waals surface area contributed by atoms with Crippen LogP contribution in [0.15, 0.2) is 34.7 Å². The zero-order chi connectivity index (χ0) is 11.7. The molecule has 2 heteroatoms. The van der Waals surface area contributed by atoms with Crippen LogP contribution in [-0.4, -0.2) is 0 Å². The molecule has 2 unspecified atom stereocenters. The molecule has 2 aromatic rings. The van der Waals surface area contributed by atoms with Crippen molar-refractivity contribution in [1.29, 1.82) is 0 Å². The molecular weight excluding hydrogens is 198 g/mol. The van der Waals surface area contributed by atoms with Crippen LogP contribution in [0, 0.1) is 11.8 Å². The summed E-state index contributed by atoms with van der Waals surface area (Å²) in [7, 11) is 0. The number of fused-ring (bicyclic) bond motifs is 1. The van der Waals surface area contributed by atoms with Gasteiger partial charge in [0, 0.05) is 5.39 Å². The van der Waals surface area contributed by atoms with E-state index in [9.17, 15) is 0 Å². The molecule has 0 saturated heterocycles. The second-order valence-corrected chi connectivity index (χ2v) is 4.82. The maximum atomic E-state index is 6.21. The minimum absolute atomic E-state index is 0.0209. The van der Waals surface area contributed by atoms with E-state index in [1.165, 1.54) is 0 Å². The van der Waals surface area contributed by atoms with Crippen LogP contribution in [0.1, 0.15) is 32.6 Å². The zero-order valence-corrected chi connectivity index (χ0v) is 10.1. The first kappa shape index (κ1) is 11.2. The van der Waals surface area contributed by atoms with Crippen LogP contribution < -0.4 is 5.73 Å². The van der Waals surface area contributed by atoms with Gasteiger partial charge < -0.3 is 10.2 Å². The molecule has 0 spiro atoms. The molecule has 2 N–H and O–H groups in total. The molecule has 1 aromatic carbocycles. The van der Waals surface area contributed by atoms with E-state index in [-0.39, 0.29) is 6.04 Å². The Morgan fingerprint density at radius 2 is 1.81 bits per heavy atom. The van der Waals surface area contributed by atoms with Crippen molar-refractivity contribution in [2.75, 3.05) is 0 Å². The van der Waals surface area contributed by atoms with E-state index >= 15 is 0 Å². The summed E-state index contributed by atoms with van der Waals surface area (Å²) in [5.41, 5.74) is 7.13. The monoisotopic (exact) mass is 217 g/mol. The number of para-hydroxylation sites is 1. The topological polar surface area (TPSA) is 39.2 Å². The Balaban J connectivity index is 2.33. The average molecular weight is 217 g/mol. The lowest BCUT2D eigenvalue weighted by atomic mass is 9.89. The Labute approximate surface area is 96.4 Å². The molecule has 0 aliphatic rings. The number of benzene rings is 1. The molecule has 0 saturated carbocycles. The second-order valence-electron chi connectivity index (χ2n) is 4.82. The van der Waals surface area contributed by atoms with Gasteiger partial charge in [-0.25, -0.2) is 0 Å². The fraction of sp³-hybridized carbons (Fsp3) is 0.429. The summed E-state index contributed by atoms with van der Waals surface area (Å²) in [5, 5.41) is 1.13. The maximum absolute atomic E-state index is 6.21. The number of hydrogen-bond donors (Lipinski definition) is 1. The summed E-state index contributed by atoms with van der Waals surface area (Å²) >= 11 is 0. The van der Waals surface area contributed by atoms with E-state index in [1.54, 1.807) is 0 Å². The first-order valence-electron chi connectivity index (χ1n) is 5.83. The average Bonchev–Trinajstić information content (AvgIpc) is 2.70. The minimum Gasteiger partial charge on any atom is -0.459 e. The number of nitrogens with two attached hydrogens (primary N) is 1. The van der Waals surface area contributed by atoms with E-state index in [0.717, 1.165) is 16.7 Å². The fourth-order valence-electron chi connectivity index (χ4n) is 1.84. The smallest absolute Gasteiger partial charge is 0.134 e. The third kappa shape index (κ3) is 1.98. The summed E-state index contributed by atoms with van der Waals surface area (Å²) < 4.78 is 5.78. The first-order chi connectivity index (χ1) is 7.59. The Morgan fingerprint density at radius 3 is 2.44 bits per heavy atom. The zero-order valence-electron chi connectivity index (χ0n) is 10.1. The summed E-state index contributed by atoms with van der Waals surface area (Å²) in [6.45, 7) is 6.54.